The van der Waals surface area contributed by atoms with Gasteiger partial charge < -0.3 is 19.3 Å². The van der Waals surface area contributed by atoms with E-state index in [0.29, 0.717) is 31.2 Å². The van der Waals surface area contributed by atoms with Crippen LogP contribution in [0.25, 0.3) is 0 Å². The molecular weight excluding hydrogens is 404 g/mol. The number of carbonyl (C=O) groups excluding carboxylic acids is 1. The summed E-state index contributed by atoms with van der Waals surface area (Å²) in [6, 6.07) is 19.3. The standard InChI is InChI=1S/C25H28N4O3/c1-19-26-23(18-24(27-19)32-22-6-4-3-5-7-22)28-14-16-29(17-15-28)25(30)13-10-20-8-11-21(31-2)12-9-20/h3-9,11-12,18H,10,13-17H2,1-2H3. The minimum atomic E-state index is 0.187. The first-order valence-electron chi connectivity index (χ1n) is 10.8. The number of piperazine rings is 1. The van der Waals surface area contributed by atoms with E-state index in [1.165, 1.54) is 0 Å². The number of anilines is 1. The Labute approximate surface area is 188 Å². The summed E-state index contributed by atoms with van der Waals surface area (Å²) in [5.41, 5.74) is 1.14. The topological polar surface area (TPSA) is 67.8 Å². The Hall–Kier alpha value is -3.61. The Bertz CT molecular complexity index is 1030. The van der Waals surface area contributed by atoms with Crippen molar-refractivity contribution in [2.24, 2.45) is 0 Å². The second-order valence-electron chi connectivity index (χ2n) is 7.74. The highest BCUT2D eigenvalue weighted by atomic mass is 16.5. The largest absolute Gasteiger partial charge is 0.497 e. The first-order valence-corrected chi connectivity index (χ1v) is 10.8. The molecular formula is C25H28N4O3. The maximum atomic E-state index is 12.7. The second kappa shape index (κ2) is 10.1. The molecule has 0 unspecified atom stereocenters. The van der Waals surface area contributed by atoms with Crippen LogP contribution < -0.4 is 14.4 Å². The summed E-state index contributed by atoms with van der Waals surface area (Å²) >= 11 is 0. The minimum Gasteiger partial charge on any atom is -0.497 e. The van der Waals surface area contributed by atoms with Crippen LogP contribution in [0.3, 0.4) is 0 Å². The molecule has 1 fully saturated rings. The number of rotatable bonds is 7. The van der Waals surface area contributed by atoms with E-state index in [1.54, 1.807) is 7.11 Å². The van der Waals surface area contributed by atoms with E-state index >= 15 is 0 Å². The van der Waals surface area contributed by atoms with Crippen LogP contribution in [0.15, 0.2) is 60.7 Å². The number of amides is 1. The number of aromatic nitrogens is 2. The van der Waals surface area contributed by atoms with Crippen molar-refractivity contribution in [3.8, 4) is 17.4 Å². The average molecular weight is 433 g/mol. The maximum Gasteiger partial charge on any atom is 0.224 e. The molecule has 7 heteroatoms. The predicted molar refractivity (Wildman–Crippen MR) is 123 cm³/mol. The predicted octanol–water partition coefficient (Wildman–Crippen LogP) is 3.87. The Kier molecular flexibility index (Phi) is 6.84. The van der Waals surface area contributed by atoms with Crippen LogP contribution in [-0.2, 0) is 11.2 Å². The Balaban J connectivity index is 1.31. The number of ether oxygens (including phenoxy) is 2. The van der Waals surface area contributed by atoms with Crippen LogP contribution in [0.5, 0.6) is 17.4 Å². The van der Waals surface area contributed by atoms with E-state index in [1.807, 2.05) is 72.5 Å². The Morgan fingerprint density at radius 2 is 1.66 bits per heavy atom. The molecule has 3 aromatic rings. The third-order valence-corrected chi connectivity index (χ3v) is 5.51. The number of hydrogen-bond donors (Lipinski definition) is 0. The average Bonchev–Trinajstić information content (AvgIpc) is 2.83. The fourth-order valence-electron chi connectivity index (χ4n) is 3.74. The number of carbonyl (C=O) groups is 1. The van der Waals surface area contributed by atoms with Crippen LogP contribution >= 0.6 is 0 Å². The van der Waals surface area contributed by atoms with Crippen molar-refractivity contribution in [3.63, 3.8) is 0 Å². The molecule has 0 aliphatic carbocycles. The zero-order chi connectivity index (χ0) is 22.3. The monoisotopic (exact) mass is 432 g/mol. The van der Waals surface area contributed by atoms with Crippen molar-refractivity contribution in [1.29, 1.82) is 0 Å². The molecule has 4 rings (SSSR count). The summed E-state index contributed by atoms with van der Waals surface area (Å²) in [7, 11) is 1.65. The maximum absolute atomic E-state index is 12.7. The molecule has 0 bridgehead atoms. The number of hydrogen-bond acceptors (Lipinski definition) is 6. The fraction of sp³-hybridized carbons (Fsp3) is 0.320. The van der Waals surface area contributed by atoms with E-state index < -0.39 is 0 Å². The van der Waals surface area contributed by atoms with Crippen LogP contribution in [0, 0.1) is 6.92 Å². The molecule has 1 amide bonds. The van der Waals surface area contributed by atoms with Gasteiger partial charge in [-0.1, -0.05) is 30.3 Å². The van der Waals surface area contributed by atoms with Crippen molar-refractivity contribution in [2.75, 3.05) is 38.2 Å². The zero-order valence-corrected chi connectivity index (χ0v) is 18.5. The molecule has 1 aliphatic rings. The molecule has 32 heavy (non-hydrogen) atoms. The molecule has 166 valence electrons. The quantitative estimate of drug-likeness (QED) is 0.565. The lowest BCUT2D eigenvalue weighted by Gasteiger charge is -2.35. The molecule has 0 spiro atoms. The fourth-order valence-corrected chi connectivity index (χ4v) is 3.74. The summed E-state index contributed by atoms with van der Waals surface area (Å²) in [4.78, 5) is 25.8. The Morgan fingerprint density at radius 1 is 0.938 bits per heavy atom. The van der Waals surface area contributed by atoms with E-state index in [4.69, 9.17) is 9.47 Å². The lowest BCUT2D eigenvalue weighted by atomic mass is 10.1. The molecule has 1 aromatic heterocycles. The molecule has 1 saturated heterocycles. The van der Waals surface area contributed by atoms with Gasteiger partial charge in [0.1, 0.15) is 23.1 Å². The van der Waals surface area contributed by atoms with Crippen molar-refractivity contribution in [3.05, 3.63) is 72.1 Å². The minimum absolute atomic E-state index is 0.187. The zero-order valence-electron chi connectivity index (χ0n) is 18.5. The molecule has 0 N–H and O–H groups in total. The van der Waals surface area contributed by atoms with Gasteiger partial charge in [-0.3, -0.25) is 4.79 Å². The van der Waals surface area contributed by atoms with Crippen LogP contribution in [0.1, 0.15) is 17.8 Å². The van der Waals surface area contributed by atoms with Gasteiger partial charge in [0.15, 0.2) is 0 Å². The highest BCUT2D eigenvalue weighted by Crippen LogP contribution is 2.24. The molecule has 0 saturated carbocycles. The van der Waals surface area contributed by atoms with Gasteiger partial charge >= 0.3 is 0 Å². The number of aryl methyl sites for hydroxylation is 2. The van der Waals surface area contributed by atoms with Crippen LogP contribution in [0.2, 0.25) is 0 Å². The smallest absolute Gasteiger partial charge is 0.224 e. The number of methoxy groups -OCH3 is 1. The van der Waals surface area contributed by atoms with E-state index in [0.717, 1.165) is 42.4 Å². The summed E-state index contributed by atoms with van der Waals surface area (Å²) in [6.07, 6.45) is 1.24. The van der Waals surface area contributed by atoms with Crippen LogP contribution in [-0.4, -0.2) is 54.1 Å². The van der Waals surface area contributed by atoms with Gasteiger partial charge in [0.2, 0.25) is 11.8 Å². The van der Waals surface area contributed by atoms with E-state index in [2.05, 4.69) is 14.9 Å². The summed E-state index contributed by atoms with van der Waals surface area (Å²) in [5.74, 6) is 3.77. The number of nitrogens with zero attached hydrogens (tertiary/aromatic N) is 4. The third-order valence-electron chi connectivity index (χ3n) is 5.51. The first kappa shape index (κ1) is 21.6. The van der Waals surface area contributed by atoms with Gasteiger partial charge in [-0.2, -0.15) is 4.98 Å². The van der Waals surface area contributed by atoms with Gasteiger partial charge in [0.25, 0.3) is 0 Å². The number of benzene rings is 2. The SMILES string of the molecule is COc1ccc(CCC(=O)N2CCN(c3cc(Oc4ccccc4)nc(C)n3)CC2)cc1. The normalized spacial score (nSPS) is 13.7. The molecule has 2 heterocycles. The van der Waals surface area contributed by atoms with Gasteiger partial charge in [-0.25, -0.2) is 4.98 Å². The molecule has 0 radical (unpaired) electrons. The summed E-state index contributed by atoms with van der Waals surface area (Å²) in [5, 5.41) is 0. The molecule has 7 nitrogen and oxygen atoms in total. The van der Waals surface area contributed by atoms with Crippen molar-refractivity contribution in [2.45, 2.75) is 19.8 Å². The lowest BCUT2D eigenvalue weighted by Crippen LogP contribution is -2.49. The summed E-state index contributed by atoms with van der Waals surface area (Å²) in [6.45, 7) is 4.68. The van der Waals surface area contributed by atoms with Gasteiger partial charge in [0.05, 0.1) is 7.11 Å². The van der Waals surface area contributed by atoms with Gasteiger partial charge in [-0.05, 0) is 43.2 Å². The highest BCUT2D eigenvalue weighted by molar-refractivity contribution is 5.76. The first-order chi connectivity index (χ1) is 15.6. The van der Waals surface area contributed by atoms with Crippen molar-refractivity contribution < 1.29 is 14.3 Å². The highest BCUT2D eigenvalue weighted by Gasteiger charge is 2.22. The molecule has 1 aliphatic heterocycles. The molecule has 0 atom stereocenters. The van der Waals surface area contributed by atoms with Gasteiger partial charge in [-0.15, -0.1) is 0 Å². The Morgan fingerprint density at radius 3 is 2.34 bits per heavy atom. The lowest BCUT2D eigenvalue weighted by molar-refractivity contribution is -0.131. The van der Waals surface area contributed by atoms with Crippen molar-refractivity contribution >= 4 is 11.7 Å². The number of para-hydroxylation sites is 1. The summed E-state index contributed by atoms with van der Waals surface area (Å²) < 4.78 is 11.1. The molecule has 2 aromatic carbocycles. The van der Waals surface area contributed by atoms with Gasteiger partial charge in [0, 0.05) is 38.7 Å². The van der Waals surface area contributed by atoms with E-state index in [-0.39, 0.29) is 5.91 Å². The van der Waals surface area contributed by atoms with Crippen LogP contribution in [0.4, 0.5) is 5.82 Å². The third kappa shape index (κ3) is 5.55. The van der Waals surface area contributed by atoms with E-state index in [9.17, 15) is 4.79 Å². The second-order valence-corrected chi connectivity index (χ2v) is 7.74. The van der Waals surface area contributed by atoms with Crippen molar-refractivity contribution in [1.82, 2.24) is 14.9 Å².